The Morgan fingerprint density at radius 3 is 2.48 bits per heavy atom. The van der Waals surface area contributed by atoms with E-state index in [1.807, 2.05) is 63.2 Å². The summed E-state index contributed by atoms with van der Waals surface area (Å²) in [5, 5.41) is 5.80. The number of carbonyl (C=O) groups is 2. The molecule has 2 rings (SSSR count). The van der Waals surface area contributed by atoms with Gasteiger partial charge in [0.05, 0.1) is 6.61 Å². The van der Waals surface area contributed by atoms with Crippen LogP contribution in [0.25, 0.3) is 0 Å². The van der Waals surface area contributed by atoms with E-state index in [4.69, 9.17) is 4.74 Å². The molecule has 1 atom stereocenters. The van der Waals surface area contributed by atoms with Crippen LogP contribution in [0.4, 0.5) is 5.69 Å². The van der Waals surface area contributed by atoms with Crippen LogP contribution in [-0.2, 0) is 16.1 Å². The minimum absolute atomic E-state index is 0.222. The van der Waals surface area contributed by atoms with Gasteiger partial charge in [-0.25, -0.2) is 0 Å². The Morgan fingerprint density at radius 2 is 1.81 bits per heavy atom. The Hall–Kier alpha value is -2.66. The summed E-state index contributed by atoms with van der Waals surface area (Å²) in [5.41, 5.74) is 3.13. The summed E-state index contributed by atoms with van der Waals surface area (Å²) in [4.78, 5) is 25.5. The van der Waals surface area contributed by atoms with Crippen LogP contribution in [0.2, 0.25) is 0 Å². The molecule has 0 saturated carbocycles. The van der Waals surface area contributed by atoms with Gasteiger partial charge >= 0.3 is 0 Å². The van der Waals surface area contributed by atoms with Crippen molar-refractivity contribution < 1.29 is 14.3 Å². The number of carbonyl (C=O) groups excluding carboxylic acids is 2. The molecule has 0 spiro atoms. The summed E-state index contributed by atoms with van der Waals surface area (Å²) in [5.74, 6) is -0.194. The van der Waals surface area contributed by atoms with Crippen molar-refractivity contribution in [2.45, 2.75) is 39.8 Å². The van der Waals surface area contributed by atoms with Gasteiger partial charge in [-0.05, 0) is 48.6 Å². The monoisotopic (exact) mass is 368 g/mol. The van der Waals surface area contributed by atoms with Crippen molar-refractivity contribution in [2.75, 3.05) is 12.4 Å². The van der Waals surface area contributed by atoms with E-state index in [1.54, 1.807) is 13.2 Å². The Balaban J connectivity index is 2.13. The molecule has 27 heavy (non-hydrogen) atoms. The number of amides is 2. The lowest BCUT2D eigenvalue weighted by Gasteiger charge is -2.21. The first-order valence-corrected chi connectivity index (χ1v) is 9.16. The molecule has 0 bridgehead atoms. The Kier molecular flexibility index (Phi) is 7.55. The fraction of sp³-hybridized carbons (Fsp3) is 0.364. The summed E-state index contributed by atoms with van der Waals surface area (Å²) in [6, 6.07) is 14.2. The molecule has 0 radical (unpaired) electrons. The average Bonchev–Trinajstić information content (AvgIpc) is 2.61. The minimum atomic E-state index is -0.608. The average molecular weight is 368 g/mol. The zero-order chi connectivity index (χ0) is 19.8. The number of ether oxygens (including phenoxy) is 1. The van der Waals surface area contributed by atoms with Crippen LogP contribution in [0.5, 0.6) is 0 Å². The number of hydrogen-bond donors (Lipinski definition) is 2. The van der Waals surface area contributed by atoms with Crippen LogP contribution < -0.4 is 10.6 Å². The van der Waals surface area contributed by atoms with Crippen LogP contribution >= 0.6 is 0 Å². The number of rotatable bonds is 8. The number of anilines is 1. The van der Waals surface area contributed by atoms with E-state index in [1.165, 1.54) is 0 Å². The van der Waals surface area contributed by atoms with E-state index in [9.17, 15) is 9.59 Å². The van der Waals surface area contributed by atoms with E-state index in [0.29, 0.717) is 24.3 Å². The Bertz CT molecular complexity index is 787. The molecule has 0 aliphatic carbocycles. The second kappa shape index (κ2) is 9.88. The van der Waals surface area contributed by atoms with Gasteiger partial charge in [0, 0.05) is 18.4 Å². The molecule has 0 aliphatic rings. The van der Waals surface area contributed by atoms with Crippen LogP contribution in [-0.4, -0.2) is 25.0 Å². The number of methoxy groups -OCH3 is 1. The summed E-state index contributed by atoms with van der Waals surface area (Å²) in [6.45, 7) is 6.41. The molecule has 1 unspecified atom stereocenters. The maximum absolute atomic E-state index is 12.8. The third-order valence-corrected chi connectivity index (χ3v) is 4.22. The van der Waals surface area contributed by atoms with E-state index >= 15 is 0 Å². The van der Waals surface area contributed by atoms with Crippen molar-refractivity contribution in [2.24, 2.45) is 5.92 Å². The maximum Gasteiger partial charge on any atom is 0.252 e. The van der Waals surface area contributed by atoms with Gasteiger partial charge in [-0.1, -0.05) is 44.2 Å². The van der Waals surface area contributed by atoms with Gasteiger partial charge in [-0.2, -0.15) is 0 Å². The van der Waals surface area contributed by atoms with Gasteiger partial charge in [0.1, 0.15) is 6.04 Å². The van der Waals surface area contributed by atoms with Gasteiger partial charge in [0.2, 0.25) is 5.91 Å². The number of aryl methyl sites for hydroxylation is 1. The number of benzene rings is 2. The highest BCUT2D eigenvalue weighted by Gasteiger charge is 2.23. The van der Waals surface area contributed by atoms with Crippen LogP contribution in [0.3, 0.4) is 0 Å². The van der Waals surface area contributed by atoms with Crippen molar-refractivity contribution in [3.63, 3.8) is 0 Å². The molecule has 2 aromatic carbocycles. The molecule has 0 aliphatic heterocycles. The summed E-state index contributed by atoms with van der Waals surface area (Å²) < 4.78 is 5.13. The Labute approximate surface area is 161 Å². The number of hydrogen-bond acceptors (Lipinski definition) is 3. The lowest BCUT2D eigenvalue weighted by molar-refractivity contribution is -0.118. The van der Waals surface area contributed by atoms with Crippen LogP contribution in [0, 0.1) is 12.8 Å². The van der Waals surface area contributed by atoms with Gasteiger partial charge in [0.15, 0.2) is 0 Å². The van der Waals surface area contributed by atoms with E-state index in [-0.39, 0.29) is 17.7 Å². The molecular formula is C22H28N2O3. The lowest BCUT2D eigenvalue weighted by Crippen LogP contribution is -2.44. The predicted molar refractivity (Wildman–Crippen MR) is 108 cm³/mol. The third kappa shape index (κ3) is 6.22. The molecule has 144 valence electrons. The maximum atomic E-state index is 12.8. The van der Waals surface area contributed by atoms with Crippen molar-refractivity contribution in [1.82, 2.24) is 5.32 Å². The molecular weight excluding hydrogens is 340 g/mol. The molecule has 0 aromatic heterocycles. The van der Waals surface area contributed by atoms with Gasteiger partial charge in [-0.3, -0.25) is 9.59 Å². The van der Waals surface area contributed by atoms with E-state index in [2.05, 4.69) is 10.6 Å². The standard InChI is InChI=1S/C22H28N2O3/c1-15(2)12-20(24-21(25)19-11-6-5-8-16(19)3)22(26)23-18-10-7-9-17(13-18)14-27-4/h5-11,13,15,20H,12,14H2,1-4H3,(H,23,26)(H,24,25). The second-order valence-corrected chi connectivity index (χ2v) is 7.09. The number of nitrogens with one attached hydrogen (secondary N) is 2. The normalized spacial score (nSPS) is 11.9. The van der Waals surface area contributed by atoms with Crippen LogP contribution in [0.15, 0.2) is 48.5 Å². The fourth-order valence-electron chi connectivity index (χ4n) is 2.90. The molecule has 5 nitrogen and oxygen atoms in total. The third-order valence-electron chi connectivity index (χ3n) is 4.22. The quantitative estimate of drug-likeness (QED) is 0.742. The van der Waals surface area contributed by atoms with Crippen molar-refractivity contribution >= 4 is 17.5 Å². The Morgan fingerprint density at radius 1 is 1.07 bits per heavy atom. The van der Waals surface area contributed by atoms with Gasteiger partial charge in [0.25, 0.3) is 5.91 Å². The summed E-state index contributed by atoms with van der Waals surface area (Å²) in [7, 11) is 1.63. The highest BCUT2D eigenvalue weighted by Crippen LogP contribution is 2.14. The summed E-state index contributed by atoms with van der Waals surface area (Å²) >= 11 is 0. The van der Waals surface area contributed by atoms with Gasteiger partial charge < -0.3 is 15.4 Å². The predicted octanol–water partition coefficient (Wildman–Crippen LogP) is 3.92. The van der Waals surface area contributed by atoms with Gasteiger partial charge in [-0.15, -0.1) is 0 Å². The first kappa shape index (κ1) is 20.6. The molecule has 2 N–H and O–H groups in total. The van der Waals surface area contributed by atoms with E-state index < -0.39 is 6.04 Å². The minimum Gasteiger partial charge on any atom is -0.380 e. The van der Waals surface area contributed by atoms with Crippen molar-refractivity contribution in [3.8, 4) is 0 Å². The molecule has 2 amide bonds. The van der Waals surface area contributed by atoms with Crippen molar-refractivity contribution in [3.05, 3.63) is 65.2 Å². The van der Waals surface area contributed by atoms with Crippen LogP contribution in [0.1, 0.15) is 41.8 Å². The zero-order valence-electron chi connectivity index (χ0n) is 16.4. The first-order valence-electron chi connectivity index (χ1n) is 9.16. The molecule has 2 aromatic rings. The second-order valence-electron chi connectivity index (χ2n) is 7.09. The fourth-order valence-corrected chi connectivity index (χ4v) is 2.90. The highest BCUT2D eigenvalue weighted by atomic mass is 16.5. The SMILES string of the molecule is COCc1cccc(NC(=O)C(CC(C)C)NC(=O)c2ccccc2C)c1. The summed E-state index contributed by atoms with van der Waals surface area (Å²) in [6.07, 6.45) is 0.557. The topological polar surface area (TPSA) is 67.4 Å². The molecule has 5 heteroatoms. The molecule has 0 heterocycles. The first-order chi connectivity index (χ1) is 12.9. The molecule has 0 saturated heterocycles. The van der Waals surface area contributed by atoms with Crippen molar-refractivity contribution in [1.29, 1.82) is 0 Å². The zero-order valence-corrected chi connectivity index (χ0v) is 16.4. The largest absolute Gasteiger partial charge is 0.380 e. The lowest BCUT2D eigenvalue weighted by atomic mass is 10.0. The smallest absolute Gasteiger partial charge is 0.252 e. The molecule has 0 fully saturated rings. The highest BCUT2D eigenvalue weighted by molar-refractivity contribution is 6.01. The van der Waals surface area contributed by atoms with E-state index in [0.717, 1.165) is 11.1 Å².